The van der Waals surface area contributed by atoms with Gasteiger partial charge in [0.1, 0.15) is 11.6 Å². The molecule has 0 aliphatic carbocycles. The number of carbonyl (C=O) groups is 2. The Bertz CT molecular complexity index is 708. The van der Waals surface area contributed by atoms with Crippen molar-refractivity contribution in [2.24, 2.45) is 0 Å². The molecule has 0 aliphatic heterocycles. The SMILES string of the molecule is Cc1cc(C)cc(OCC(=O)OCC(=O)Nc2ccc(F)cc2)c1. The van der Waals surface area contributed by atoms with Crippen molar-refractivity contribution in [3.63, 3.8) is 0 Å². The van der Waals surface area contributed by atoms with Crippen LogP contribution in [0.5, 0.6) is 5.75 Å². The molecule has 0 spiro atoms. The van der Waals surface area contributed by atoms with Crippen LogP contribution in [0.1, 0.15) is 11.1 Å². The fraction of sp³-hybridized carbons (Fsp3) is 0.222. The van der Waals surface area contributed by atoms with E-state index < -0.39 is 24.3 Å². The zero-order valence-corrected chi connectivity index (χ0v) is 13.5. The van der Waals surface area contributed by atoms with Crippen molar-refractivity contribution in [2.75, 3.05) is 18.5 Å². The first-order valence-corrected chi connectivity index (χ1v) is 7.34. The van der Waals surface area contributed by atoms with Crippen molar-refractivity contribution in [2.45, 2.75) is 13.8 Å². The number of anilines is 1. The molecular formula is C18H18FNO4. The normalized spacial score (nSPS) is 10.1. The number of hydrogen-bond acceptors (Lipinski definition) is 4. The van der Waals surface area contributed by atoms with E-state index in [-0.39, 0.29) is 6.61 Å². The highest BCUT2D eigenvalue weighted by Crippen LogP contribution is 2.16. The maximum Gasteiger partial charge on any atom is 0.344 e. The van der Waals surface area contributed by atoms with E-state index in [4.69, 9.17) is 9.47 Å². The Labute approximate surface area is 139 Å². The summed E-state index contributed by atoms with van der Waals surface area (Å²) >= 11 is 0. The molecule has 0 aliphatic rings. The summed E-state index contributed by atoms with van der Waals surface area (Å²) in [5.74, 6) is -0.993. The van der Waals surface area contributed by atoms with Crippen LogP contribution in [0.2, 0.25) is 0 Å². The van der Waals surface area contributed by atoms with E-state index in [9.17, 15) is 14.0 Å². The minimum absolute atomic E-state index is 0.285. The van der Waals surface area contributed by atoms with E-state index >= 15 is 0 Å². The fourth-order valence-corrected chi connectivity index (χ4v) is 2.08. The van der Waals surface area contributed by atoms with Crippen LogP contribution in [0.3, 0.4) is 0 Å². The Morgan fingerprint density at radius 2 is 1.62 bits per heavy atom. The van der Waals surface area contributed by atoms with E-state index in [1.807, 2.05) is 32.0 Å². The first kappa shape index (κ1) is 17.5. The fourth-order valence-electron chi connectivity index (χ4n) is 2.08. The average Bonchev–Trinajstić information content (AvgIpc) is 2.52. The molecule has 1 amide bonds. The average molecular weight is 331 g/mol. The minimum Gasteiger partial charge on any atom is -0.482 e. The smallest absolute Gasteiger partial charge is 0.344 e. The number of nitrogens with one attached hydrogen (secondary N) is 1. The van der Waals surface area contributed by atoms with E-state index in [1.165, 1.54) is 24.3 Å². The van der Waals surface area contributed by atoms with Crippen molar-refractivity contribution in [1.82, 2.24) is 0 Å². The topological polar surface area (TPSA) is 64.6 Å². The van der Waals surface area contributed by atoms with Crippen LogP contribution < -0.4 is 10.1 Å². The third-order valence-electron chi connectivity index (χ3n) is 3.04. The van der Waals surface area contributed by atoms with Crippen molar-refractivity contribution >= 4 is 17.6 Å². The number of rotatable bonds is 6. The Balaban J connectivity index is 1.74. The van der Waals surface area contributed by atoms with Gasteiger partial charge in [0.25, 0.3) is 5.91 Å². The molecule has 126 valence electrons. The Morgan fingerprint density at radius 1 is 1.00 bits per heavy atom. The number of carbonyl (C=O) groups excluding carboxylic acids is 2. The van der Waals surface area contributed by atoms with Crippen LogP contribution in [0.4, 0.5) is 10.1 Å². The molecule has 2 rings (SSSR count). The van der Waals surface area contributed by atoms with Gasteiger partial charge in [0.2, 0.25) is 0 Å². The minimum atomic E-state index is -0.650. The lowest BCUT2D eigenvalue weighted by Gasteiger charge is -2.09. The molecule has 2 aromatic rings. The van der Waals surface area contributed by atoms with Crippen LogP contribution in [-0.4, -0.2) is 25.1 Å². The highest BCUT2D eigenvalue weighted by atomic mass is 19.1. The van der Waals surface area contributed by atoms with Crippen LogP contribution >= 0.6 is 0 Å². The molecule has 0 bridgehead atoms. The number of halogens is 1. The zero-order chi connectivity index (χ0) is 17.5. The number of benzene rings is 2. The highest BCUT2D eigenvalue weighted by Gasteiger charge is 2.09. The molecular weight excluding hydrogens is 313 g/mol. The van der Waals surface area contributed by atoms with Crippen molar-refractivity contribution in [1.29, 1.82) is 0 Å². The van der Waals surface area contributed by atoms with Gasteiger partial charge in [-0.1, -0.05) is 6.07 Å². The molecule has 0 heterocycles. The van der Waals surface area contributed by atoms with E-state index in [0.717, 1.165) is 11.1 Å². The molecule has 5 nitrogen and oxygen atoms in total. The molecule has 0 radical (unpaired) electrons. The van der Waals surface area contributed by atoms with Gasteiger partial charge < -0.3 is 14.8 Å². The summed E-state index contributed by atoms with van der Waals surface area (Å²) in [4.78, 5) is 23.3. The molecule has 1 N–H and O–H groups in total. The summed E-state index contributed by atoms with van der Waals surface area (Å²) < 4.78 is 22.9. The number of hydrogen-bond donors (Lipinski definition) is 1. The maximum absolute atomic E-state index is 12.8. The zero-order valence-electron chi connectivity index (χ0n) is 13.5. The second-order valence-electron chi connectivity index (χ2n) is 5.33. The third kappa shape index (κ3) is 5.72. The van der Waals surface area contributed by atoms with Gasteiger partial charge in [0, 0.05) is 5.69 Å². The summed E-state index contributed by atoms with van der Waals surface area (Å²) in [7, 11) is 0. The van der Waals surface area contributed by atoms with Gasteiger partial charge in [0.05, 0.1) is 0 Å². The standard InChI is InChI=1S/C18H18FNO4/c1-12-7-13(2)9-16(8-12)23-11-18(22)24-10-17(21)20-15-5-3-14(19)4-6-15/h3-9H,10-11H2,1-2H3,(H,20,21). The van der Waals surface area contributed by atoms with Gasteiger partial charge in [-0.25, -0.2) is 9.18 Å². The molecule has 24 heavy (non-hydrogen) atoms. The van der Waals surface area contributed by atoms with Crippen LogP contribution in [0, 0.1) is 19.7 Å². The number of aryl methyl sites for hydroxylation is 2. The second-order valence-corrected chi connectivity index (χ2v) is 5.33. The summed E-state index contributed by atoms with van der Waals surface area (Å²) in [6, 6.07) is 10.9. The van der Waals surface area contributed by atoms with Gasteiger partial charge in [0.15, 0.2) is 13.2 Å². The van der Waals surface area contributed by atoms with Crippen molar-refractivity contribution in [3.05, 3.63) is 59.4 Å². The largest absolute Gasteiger partial charge is 0.482 e. The van der Waals surface area contributed by atoms with Crippen LogP contribution in [-0.2, 0) is 14.3 Å². The van der Waals surface area contributed by atoms with Gasteiger partial charge in [-0.2, -0.15) is 0 Å². The third-order valence-corrected chi connectivity index (χ3v) is 3.04. The molecule has 0 fully saturated rings. The van der Waals surface area contributed by atoms with E-state index in [1.54, 1.807) is 0 Å². The summed E-state index contributed by atoms with van der Waals surface area (Å²) in [5, 5.41) is 2.49. The first-order valence-electron chi connectivity index (χ1n) is 7.34. The van der Waals surface area contributed by atoms with Gasteiger partial charge in [-0.15, -0.1) is 0 Å². The second kappa shape index (κ2) is 8.10. The molecule has 6 heteroatoms. The number of amides is 1. The monoisotopic (exact) mass is 331 g/mol. The summed E-state index contributed by atoms with van der Waals surface area (Å²) in [5.41, 5.74) is 2.47. The summed E-state index contributed by atoms with van der Waals surface area (Å²) in [6.45, 7) is 3.13. The van der Waals surface area contributed by atoms with Gasteiger partial charge in [-0.3, -0.25) is 4.79 Å². The predicted octanol–water partition coefficient (Wildman–Crippen LogP) is 3.00. The van der Waals surface area contributed by atoms with Crippen LogP contribution in [0.15, 0.2) is 42.5 Å². The van der Waals surface area contributed by atoms with Crippen LogP contribution in [0.25, 0.3) is 0 Å². The van der Waals surface area contributed by atoms with Gasteiger partial charge >= 0.3 is 5.97 Å². The van der Waals surface area contributed by atoms with Gasteiger partial charge in [-0.05, 0) is 61.4 Å². The lowest BCUT2D eigenvalue weighted by atomic mass is 10.1. The Morgan fingerprint density at radius 3 is 2.25 bits per heavy atom. The molecule has 0 saturated carbocycles. The molecule has 0 aromatic heterocycles. The highest BCUT2D eigenvalue weighted by molar-refractivity contribution is 5.92. The summed E-state index contributed by atoms with van der Waals surface area (Å²) in [6.07, 6.45) is 0. The molecule has 0 unspecified atom stereocenters. The number of ether oxygens (including phenoxy) is 2. The molecule has 0 saturated heterocycles. The quantitative estimate of drug-likeness (QED) is 0.827. The first-order chi connectivity index (χ1) is 11.4. The van der Waals surface area contributed by atoms with Crippen molar-refractivity contribution < 1.29 is 23.5 Å². The predicted molar refractivity (Wildman–Crippen MR) is 87.4 cm³/mol. The molecule has 2 aromatic carbocycles. The van der Waals surface area contributed by atoms with E-state index in [2.05, 4.69) is 5.32 Å². The Hall–Kier alpha value is -2.89. The number of esters is 1. The molecule has 0 atom stereocenters. The Kier molecular flexibility index (Phi) is 5.89. The lowest BCUT2D eigenvalue weighted by molar-refractivity contribution is -0.149. The van der Waals surface area contributed by atoms with Crippen molar-refractivity contribution in [3.8, 4) is 5.75 Å². The van der Waals surface area contributed by atoms with E-state index in [0.29, 0.717) is 11.4 Å². The lowest BCUT2D eigenvalue weighted by Crippen LogP contribution is -2.23. The maximum atomic E-state index is 12.8.